The van der Waals surface area contributed by atoms with E-state index in [4.69, 9.17) is 24.4 Å². The molecule has 0 aliphatic rings. The Balaban J connectivity index is 4.87. The van der Waals surface area contributed by atoms with Crippen LogP contribution < -0.4 is 0 Å². The predicted octanol–water partition coefficient (Wildman–Crippen LogP) is 6.01. The molecule has 23 heavy (non-hydrogen) atoms. The van der Waals surface area contributed by atoms with Gasteiger partial charge < -0.3 is 13.3 Å². The third-order valence-corrected chi connectivity index (χ3v) is 6.29. The molecule has 0 rings (SSSR count). The molecule has 0 aliphatic heterocycles. The Morgan fingerprint density at radius 1 is 0.565 bits per heavy atom. The van der Waals surface area contributed by atoms with Crippen molar-refractivity contribution in [2.45, 2.75) is 99.9 Å². The minimum atomic E-state index is -3.17. The molecular formula is C18H39ClO3Si. The first-order valence-corrected chi connectivity index (χ1v) is 11.9. The number of hydrogen-bond donors (Lipinski definition) is 0. The molecule has 3 atom stereocenters. The highest BCUT2D eigenvalue weighted by atomic mass is 35.6. The molecule has 0 amide bonds. The first kappa shape index (κ1) is 23.4. The van der Waals surface area contributed by atoms with Gasteiger partial charge in [-0.25, -0.2) is 0 Å². The van der Waals surface area contributed by atoms with Crippen LogP contribution in [0.3, 0.4) is 0 Å². The van der Waals surface area contributed by atoms with Crippen molar-refractivity contribution >= 4 is 19.2 Å². The average Bonchev–Trinajstić information content (AvgIpc) is 2.22. The first-order chi connectivity index (χ1) is 10.4. The van der Waals surface area contributed by atoms with E-state index in [1.54, 1.807) is 0 Å². The van der Waals surface area contributed by atoms with Crippen LogP contribution in [-0.4, -0.2) is 26.4 Å². The quantitative estimate of drug-likeness (QED) is 0.312. The standard InChI is InChI=1S/C18H39ClO3Si/c1-13(2)10-16(7)20-23(19,21-17(8)11-14(3)4)22-18(9)12-15(5)6/h13-18H,10-12H2,1-9H3. The van der Waals surface area contributed by atoms with E-state index in [-0.39, 0.29) is 18.3 Å². The van der Waals surface area contributed by atoms with Gasteiger partial charge in [-0.15, -0.1) is 0 Å². The lowest BCUT2D eigenvalue weighted by atomic mass is 10.1. The van der Waals surface area contributed by atoms with E-state index in [0.717, 1.165) is 19.3 Å². The highest BCUT2D eigenvalue weighted by molar-refractivity contribution is 7.09. The van der Waals surface area contributed by atoms with Crippen LogP contribution >= 0.6 is 11.1 Å². The fraction of sp³-hybridized carbons (Fsp3) is 1.00. The SMILES string of the molecule is CC(C)CC(C)O[Si](Cl)(OC(C)CC(C)C)OC(C)CC(C)C. The zero-order valence-corrected chi connectivity index (χ0v) is 18.4. The van der Waals surface area contributed by atoms with Crippen LogP contribution in [-0.2, 0) is 13.3 Å². The maximum Gasteiger partial charge on any atom is 0.613 e. The van der Waals surface area contributed by atoms with Gasteiger partial charge in [-0.2, -0.15) is 0 Å². The molecule has 0 fully saturated rings. The van der Waals surface area contributed by atoms with Crippen molar-refractivity contribution in [2.24, 2.45) is 17.8 Å². The van der Waals surface area contributed by atoms with Gasteiger partial charge in [0.25, 0.3) is 0 Å². The van der Waals surface area contributed by atoms with Crippen LogP contribution in [0.4, 0.5) is 0 Å². The molecule has 0 aliphatic carbocycles. The number of rotatable bonds is 12. The van der Waals surface area contributed by atoms with Gasteiger partial charge in [-0.05, 0) is 57.8 Å². The Labute approximate surface area is 150 Å². The van der Waals surface area contributed by atoms with Crippen LogP contribution in [0.25, 0.3) is 0 Å². The molecule has 5 heteroatoms. The minimum Gasteiger partial charge on any atom is -0.359 e. The molecule has 0 aromatic heterocycles. The van der Waals surface area contributed by atoms with E-state index >= 15 is 0 Å². The van der Waals surface area contributed by atoms with E-state index in [9.17, 15) is 0 Å². The predicted molar refractivity (Wildman–Crippen MR) is 102 cm³/mol. The van der Waals surface area contributed by atoms with Crippen LogP contribution in [0, 0.1) is 17.8 Å². The minimum absolute atomic E-state index is 0.0386. The maximum atomic E-state index is 6.75. The highest BCUT2D eigenvalue weighted by Crippen LogP contribution is 2.26. The molecule has 0 heterocycles. The summed E-state index contributed by atoms with van der Waals surface area (Å²) >= 11 is 6.75. The zero-order chi connectivity index (χ0) is 18.2. The van der Waals surface area contributed by atoms with E-state index in [1.165, 1.54) is 0 Å². The zero-order valence-electron chi connectivity index (χ0n) is 16.7. The molecule has 140 valence electrons. The molecule has 3 unspecified atom stereocenters. The molecular weight excluding hydrogens is 328 g/mol. The van der Waals surface area contributed by atoms with Gasteiger partial charge in [-0.3, -0.25) is 0 Å². The summed E-state index contributed by atoms with van der Waals surface area (Å²) in [4.78, 5) is 0. The van der Waals surface area contributed by atoms with Crippen LogP contribution in [0.15, 0.2) is 0 Å². The van der Waals surface area contributed by atoms with E-state index in [2.05, 4.69) is 62.3 Å². The number of halogens is 1. The Kier molecular flexibility index (Phi) is 11.3. The second-order valence-electron chi connectivity index (χ2n) is 8.16. The highest BCUT2D eigenvalue weighted by Gasteiger charge is 2.45. The van der Waals surface area contributed by atoms with Crippen molar-refractivity contribution in [3.63, 3.8) is 0 Å². The fourth-order valence-corrected chi connectivity index (χ4v) is 6.21. The van der Waals surface area contributed by atoms with Crippen molar-refractivity contribution in [1.29, 1.82) is 0 Å². The Hall–Kier alpha value is 0.387. The molecule has 0 aromatic carbocycles. The second kappa shape index (κ2) is 11.1. The lowest BCUT2D eigenvalue weighted by Crippen LogP contribution is -2.47. The van der Waals surface area contributed by atoms with Gasteiger partial charge in [0.1, 0.15) is 0 Å². The molecule has 0 bridgehead atoms. The van der Waals surface area contributed by atoms with E-state index < -0.39 is 8.11 Å². The Morgan fingerprint density at radius 3 is 0.957 bits per heavy atom. The van der Waals surface area contributed by atoms with Crippen molar-refractivity contribution in [3.05, 3.63) is 0 Å². The maximum absolute atomic E-state index is 6.75. The second-order valence-corrected chi connectivity index (χ2v) is 11.2. The summed E-state index contributed by atoms with van der Waals surface area (Å²) in [5.74, 6) is 1.67. The lowest BCUT2D eigenvalue weighted by molar-refractivity contribution is -0.00248. The van der Waals surface area contributed by atoms with Gasteiger partial charge in [0.05, 0.1) is 0 Å². The number of hydrogen-bond acceptors (Lipinski definition) is 3. The summed E-state index contributed by atoms with van der Waals surface area (Å²) in [6.45, 7) is 19.3. The molecule has 0 N–H and O–H groups in total. The van der Waals surface area contributed by atoms with E-state index in [1.807, 2.05) is 0 Å². The van der Waals surface area contributed by atoms with Gasteiger partial charge in [-0.1, -0.05) is 52.6 Å². The van der Waals surface area contributed by atoms with Crippen molar-refractivity contribution < 1.29 is 13.3 Å². The third kappa shape index (κ3) is 12.4. The van der Waals surface area contributed by atoms with E-state index in [0.29, 0.717) is 17.8 Å². The topological polar surface area (TPSA) is 27.7 Å². The lowest BCUT2D eigenvalue weighted by Gasteiger charge is -2.32. The fourth-order valence-electron chi connectivity index (χ4n) is 2.94. The normalized spacial score (nSPS) is 19.2. The summed E-state index contributed by atoms with van der Waals surface area (Å²) in [5.41, 5.74) is 0. The molecule has 0 aromatic rings. The summed E-state index contributed by atoms with van der Waals surface area (Å²) < 4.78 is 18.3. The summed E-state index contributed by atoms with van der Waals surface area (Å²) in [6, 6.07) is 0. The van der Waals surface area contributed by atoms with Crippen LogP contribution in [0.2, 0.25) is 0 Å². The van der Waals surface area contributed by atoms with Crippen LogP contribution in [0.5, 0.6) is 0 Å². The average molecular weight is 367 g/mol. The molecule has 0 saturated carbocycles. The Morgan fingerprint density at radius 2 is 0.783 bits per heavy atom. The largest absolute Gasteiger partial charge is 0.613 e. The first-order valence-electron chi connectivity index (χ1n) is 9.15. The van der Waals surface area contributed by atoms with Gasteiger partial charge >= 0.3 is 8.11 Å². The summed E-state index contributed by atoms with van der Waals surface area (Å²) in [6.07, 6.45) is 2.96. The van der Waals surface area contributed by atoms with Crippen molar-refractivity contribution in [1.82, 2.24) is 0 Å². The molecule has 0 saturated heterocycles. The summed E-state index contributed by atoms with van der Waals surface area (Å²) in [5, 5.41) is 0. The monoisotopic (exact) mass is 366 g/mol. The van der Waals surface area contributed by atoms with Crippen molar-refractivity contribution in [3.8, 4) is 0 Å². The van der Waals surface area contributed by atoms with Gasteiger partial charge in [0, 0.05) is 18.3 Å². The third-order valence-electron chi connectivity index (χ3n) is 3.44. The van der Waals surface area contributed by atoms with Crippen molar-refractivity contribution in [2.75, 3.05) is 0 Å². The van der Waals surface area contributed by atoms with Gasteiger partial charge in [0.15, 0.2) is 0 Å². The Bertz CT molecular complexity index is 265. The molecule has 0 spiro atoms. The van der Waals surface area contributed by atoms with Gasteiger partial charge in [0.2, 0.25) is 0 Å². The summed E-state index contributed by atoms with van der Waals surface area (Å²) in [7, 11) is -3.17. The molecule has 3 nitrogen and oxygen atoms in total. The smallest absolute Gasteiger partial charge is 0.359 e. The van der Waals surface area contributed by atoms with Crippen LogP contribution in [0.1, 0.15) is 81.6 Å². The molecule has 0 radical (unpaired) electrons.